The molecule has 0 atom stereocenters. The second-order valence-electron chi connectivity index (χ2n) is 4.84. The molecule has 0 saturated heterocycles. The third kappa shape index (κ3) is 3.75. The summed E-state index contributed by atoms with van der Waals surface area (Å²) < 4.78 is 5.95. The first-order valence-corrected chi connectivity index (χ1v) is 7.63. The molecule has 0 unspecified atom stereocenters. The SMILES string of the molecule is Cc1ccc(Nc2ccc(NC(=O)c3ccco3)nn2)c(Br)c1. The maximum atomic E-state index is 11.8. The lowest BCUT2D eigenvalue weighted by Gasteiger charge is -2.08. The average Bonchev–Trinajstić information content (AvgIpc) is 3.06. The molecular weight excluding hydrogens is 360 g/mol. The number of furan rings is 1. The molecular formula is C16H13BrN4O2. The highest BCUT2D eigenvalue weighted by atomic mass is 79.9. The maximum Gasteiger partial charge on any atom is 0.292 e. The van der Waals surface area contributed by atoms with Crippen LogP contribution in [0.5, 0.6) is 0 Å². The largest absolute Gasteiger partial charge is 0.459 e. The quantitative estimate of drug-likeness (QED) is 0.719. The third-order valence-corrected chi connectivity index (χ3v) is 3.69. The zero-order valence-corrected chi connectivity index (χ0v) is 13.8. The van der Waals surface area contributed by atoms with E-state index in [2.05, 4.69) is 36.8 Å². The molecule has 23 heavy (non-hydrogen) atoms. The van der Waals surface area contributed by atoms with Crippen molar-refractivity contribution in [2.45, 2.75) is 6.92 Å². The molecule has 2 aromatic heterocycles. The number of carbonyl (C=O) groups is 1. The number of benzene rings is 1. The van der Waals surface area contributed by atoms with E-state index in [1.807, 2.05) is 25.1 Å². The second kappa shape index (κ2) is 6.62. The number of hydrogen-bond acceptors (Lipinski definition) is 5. The molecule has 116 valence electrons. The Hall–Kier alpha value is -2.67. The molecule has 0 spiro atoms. The van der Waals surface area contributed by atoms with Crippen LogP contribution in [0.15, 0.2) is 57.6 Å². The molecule has 6 nitrogen and oxygen atoms in total. The molecule has 0 bridgehead atoms. The summed E-state index contributed by atoms with van der Waals surface area (Å²) in [5.41, 5.74) is 2.04. The highest BCUT2D eigenvalue weighted by Crippen LogP contribution is 2.26. The van der Waals surface area contributed by atoms with Crippen LogP contribution in [0.3, 0.4) is 0 Å². The number of rotatable bonds is 4. The fraction of sp³-hybridized carbons (Fsp3) is 0.0625. The second-order valence-corrected chi connectivity index (χ2v) is 5.70. The number of nitrogens with zero attached hydrogens (tertiary/aromatic N) is 2. The molecule has 0 aliphatic rings. The van der Waals surface area contributed by atoms with Crippen LogP contribution in [-0.2, 0) is 0 Å². The van der Waals surface area contributed by atoms with E-state index in [0.717, 1.165) is 15.7 Å². The van der Waals surface area contributed by atoms with Crippen molar-refractivity contribution in [2.75, 3.05) is 10.6 Å². The van der Waals surface area contributed by atoms with Gasteiger partial charge in [0.1, 0.15) is 0 Å². The number of hydrogen-bond donors (Lipinski definition) is 2. The van der Waals surface area contributed by atoms with Crippen LogP contribution in [-0.4, -0.2) is 16.1 Å². The number of aryl methyl sites for hydroxylation is 1. The van der Waals surface area contributed by atoms with E-state index in [0.29, 0.717) is 11.6 Å². The van der Waals surface area contributed by atoms with Crippen molar-refractivity contribution >= 4 is 39.2 Å². The normalized spacial score (nSPS) is 10.3. The first-order valence-electron chi connectivity index (χ1n) is 6.83. The van der Waals surface area contributed by atoms with Gasteiger partial charge in [0, 0.05) is 4.47 Å². The maximum absolute atomic E-state index is 11.8. The Bertz CT molecular complexity index is 817. The number of carbonyl (C=O) groups excluding carboxylic acids is 1. The standard InChI is InChI=1S/C16H13BrN4O2/c1-10-4-5-12(11(17)9-10)18-14-6-7-15(21-20-14)19-16(22)13-3-2-8-23-13/h2-9H,1H3,(H,18,20)(H,19,21,22). The van der Waals surface area contributed by atoms with Crippen LogP contribution in [0.4, 0.5) is 17.3 Å². The molecule has 0 radical (unpaired) electrons. The van der Waals surface area contributed by atoms with Crippen molar-refractivity contribution in [3.63, 3.8) is 0 Å². The van der Waals surface area contributed by atoms with E-state index in [1.165, 1.54) is 6.26 Å². The smallest absolute Gasteiger partial charge is 0.292 e. The van der Waals surface area contributed by atoms with Gasteiger partial charge in [0.15, 0.2) is 17.4 Å². The Morgan fingerprint density at radius 1 is 1.13 bits per heavy atom. The van der Waals surface area contributed by atoms with E-state index >= 15 is 0 Å². The number of anilines is 3. The predicted molar refractivity (Wildman–Crippen MR) is 90.9 cm³/mol. The number of halogens is 1. The van der Waals surface area contributed by atoms with Gasteiger partial charge in [-0.25, -0.2) is 0 Å². The summed E-state index contributed by atoms with van der Waals surface area (Å²) in [7, 11) is 0. The molecule has 0 fully saturated rings. The Kier molecular flexibility index (Phi) is 4.38. The Morgan fingerprint density at radius 2 is 1.91 bits per heavy atom. The van der Waals surface area contributed by atoms with Gasteiger partial charge in [-0.1, -0.05) is 6.07 Å². The summed E-state index contributed by atoms with van der Waals surface area (Å²) >= 11 is 3.50. The average molecular weight is 373 g/mol. The van der Waals surface area contributed by atoms with Gasteiger partial charge in [-0.2, -0.15) is 0 Å². The summed E-state index contributed by atoms with van der Waals surface area (Å²) in [5.74, 6) is 0.773. The van der Waals surface area contributed by atoms with Gasteiger partial charge in [-0.15, -0.1) is 10.2 Å². The van der Waals surface area contributed by atoms with Crippen molar-refractivity contribution in [3.05, 3.63) is 64.5 Å². The molecule has 2 N–H and O–H groups in total. The van der Waals surface area contributed by atoms with Crippen LogP contribution >= 0.6 is 15.9 Å². The van der Waals surface area contributed by atoms with Gasteiger partial charge in [0.25, 0.3) is 5.91 Å². The van der Waals surface area contributed by atoms with Gasteiger partial charge >= 0.3 is 0 Å². The molecule has 3 aromatic rings. The summed E-state index contributed by atoms with van der Waals surface area (Å²) in [6, 6.07) is 12.6. The summed E-state index contributed by atoms with van der Waals surface area (Å²) in [6.07, 6.45) is 1.44. The minimum Gasteiger partial charge on any atom is -0.459 e. The van der Waals surface area contributed by atoms with Gasteiger partial charge in [-0.3, -0.25) is 4.79 Å². The van der Waals surface area contributed by atoms with E-state index in [-0.39, 0.29) is 11.7 Å². The summed E-state index contributed by atoms with van der Waals surface area (Å²) in [4.78, 5) is 11.8. The number of nitrogens with one attached hydrogen (secondary N) is 2. The molecule has 1 amide bonds. The molecule has 0 aliphatic carbocycles. The van der Waals surface area contributed by atoms with Crippen molar-refractivity contribution in [1.82, 2.24) is 10.2 Å². The highest BCUT2D eigenvalue weighted by molar-refractivity contribution is 9.10. The molecule has 7 heteroatoms. The monoisotopic (exact) mass is 372 g/mol. The Morgan fingerprint density at radius 3 is 2.57 bits per heavy atom. The number of aromatic nitrogens is 2. The van der Waals surface area contributed by atoms with Crippen molar-refractivity contribution in [2.24, 2.45) is 0 Å². The van der Waals surface area contributed by atoms with E-state index < -0.39 is 0 Å². The minimum atomic E-state index is -0.369. The van der Waals surface area contributed by atoms with Crippen LogP contribution in [0.25, 0.3) is 0 Å². The Balaban J connectivity index is 1.68. The van der Waals surface area contributed by atoms with Gasteiger partial charge < -0.3 is 15.1 Å². The highest BCUT2D eigenvalue weighted by Gasteiger charge is 2.10. The van der Waals surface area contributed by atoms with Crippen LogP contribution in [0, 0.1) is 6.92 Å². The fourth-order valence-corrected chi connectivity index (χ4v) is 2.50. The van der Waals surface area contributed by atoms with Crippen LogP contribution < -0.4 is 10.6 Å². The zero-order valence-electron chi connectivity index (χ0n) is 12.2. The molecule has 0 aliphatic heterocycles. The zero-order chi connectivity index (χ0) is 16.2. The molecule has 0 saturated carbocycles. The minimum absolute atomic E-state index is 0.220. The van der Waals surface area contributed by atoms with Crippen molar-refractivity contribution in [3.8, 4) is 0 Å². The first kappa shape index (κ1) is 15.2. The predicted octanol–water partition coefficient (Wildman–Crippen LogP) is 4.14. The Labute approximate surface area is 141 Å². The fourth-order valence-electron chi connectivity index (χ4n) is 1.91. The lowest BCUT2D eigenvalue weighted by Crippen LogP contribution is -2.12. The third-order valence-electron chi connectivity index (χ3n) is 3.04. The first-order chi connectivity index (χ1) is 11.1. The van der Waals surface area contributed by atoms with Gasteiger partial charge in [0.2, 0.25) is 0 Å². The topological polar surface area (TPSA) is 80.0 Å². The number of amides is 1. The van der Waals surface area contributed by atoms with Gasteiger partial charge in [-0.05, 0) is 64.8 Å². The van der Waals surface area contributed by atoms with Gasteiger partial charge in [0.05, 0.1) is 12.0 Å². The van der Waals surface area contributed by atoms with Crippen LogP contribution in [0.2, 0.25) is 0 Å². The van der Waals surface area contributed by atoms with E-state index in [1.54, 1.807) is 24.3 Å². The van der Waals surface area contributed by atoms with E-state index in [9.17, 15) is 4.79 Å². The van der Waals surface area contributed by atoms with Crippen molar-refractivity contribution < 1.29 is 9.21 Å². The molecule has 3 rings (SSSR count). The lowest BCUT2D eigenvalue weighted by molar-refractivity contribution is 0.0996. The van der Waals surface area contributed by atoms with E-state index in [4.69, 9.17) is 4.42 Å². The lowest BCUT2D eigenvalue weighted by atomic mass is 10.2. The molecule has 2 heterocycles. The summed E-state index contributed by atoms with van der Waals surface area (Å²) in [5, 5.41) is 13.8. The molecule has 1 aromatic carbocycles. The van der Waals surface area contributed by atoms with Crippen molar-refractivity contribution in [1.29, 1.82) is 0 Å². The summed E-state index contributed by atoms with van der Waals surface area (Å²) in [6.45, 7) is 2.02. The van der Waals surface area contributed by atoms with Crippen LogP contribution in [0.1, 0.15) is 16.1 Å².